The summed E-state index contributed by atoms with van der Waals surface area (Å²) >= 11 is 55.2. The van der Waals surface area contributed by atoms with Crippen LogP contribution in [0.4, 0.5) is 0 Å². The van der Waals surface area contributed by atoms with Crippen LogP contribution in [0.3, 0.4) is 0 Å². The van der Waals surface area contributed by atoms with Crippen LogP contribution in [-0.4, -0.2) is 102 Å². The van der Waals surface area contributed by atoms with Gasteiger partial charge in [-0.25, -0.2) is 0 Å². The third-order valence-electron chi connectivity index (χ3n) is 18.5. The Morgan fingerprint density at radius 3 is 0.713 bits per heavy atom. The van der Waals surface area contributed by atoms with Gasteiger partial charge in [0.15, 0.2) is 34.5 Å². The zero-order valence-electron chi connectivity index (χ0n) is 74.9. The average Bonchev–Trinajstić information content (AvgIpc) is 1.41. The van der Waals surface area contributed by atoms with Crippen LogP contribution in [0.25, 0.3) is 0 Å². The molecule has 0 aliphatic rings. The van der Waals surface area contributed by atoms with Crippen molar-refractivity contribution in [1.82, 2.24) is 0 Å². The molecule has 0 fully saturated rings. The Balaban J connectivity index is 0.000000756. The second kappa shape index (κ2) is 64.8. The van der Waals surface area contributed by atoms with E-state index in [0.29, 0.717) is 80.3 Å². The summed E-state index contributed by atoms with van der Waals surface area (Å²) in [5.41, 5.74) is 8.82. The predicted molar refractivity (Wildman–Crippen MR) is 769 cm³/mol. The minimum atomic E-state index is -0.441. The van der Waals surface area contributed by atoms with Gasteiger partial charge in [0.25, 0.3) is 0 Å². The van der Waals surface area contributed by atoms with E-state index >= 15 is 0 Å². The molecule has 0 amide bonds. The maximum atomic E-state index is 10.0. The maximum Gasteiger partial charge on any atom is 0.202 e. The van der Waals surface area contributed by atoms with Crippen molar-refractivity contribution < 1.29 is 102 Å². The van der Waals surface area contributed by atoms with Crippen LogP contribution in [0, 0.1) is 92.8 Å². The largest absolute Gasteiger partial charge is 0.507 e. The van der Waals surface area contributed by atoms with Crippen LogP contribution in [0.1, 0.15) is 253 Å². The standard InChI is InChI=1S/3C9H8I4O.3C9H10I2O3.4C9H10I2O2/c1-3(2)4-5(10)6(11)7(12)8(13)9(4)14;1-3(2)4-5(10)7(12)8(13)9(14)6(4)11;1-3(2)4-5(10)7(12)9(14)8(13)6(4)11;1-3(2)4-7(12)5(10)9(14)6(11)8(4)13;1-3(2)4-5(10)6(11)8(13)9(14)7(4)12;1-3(2)4-5(10)7(12)9(14)8(13)6(4)11;1-4(2)7-8(12)5(10)3-6(11)9(7)13;1-4(2)7-5(10)3-6(11)8(12)9(7)13;1-4(2)5-3-6(10)9(13)7(11)8(5)12;1-4(2)5-3-6(12)7(10)8(11)9(5)13/h3*3,14H,1-2H3;3*3,12-14H,1-2H3;4*3-4,12-13H,1-2H3. The Bertz CT molecular complexity index is 5110. The lowest BCUT2D eigenvalue weighted by Gasteiger charge is -2.16. The molecule has 10 aromatic carbocycles. The minimum Gasteiger partial charge on any atom is -0.507 e. The summed E-state index contributed by atoms with van der Waals surface area (Å²) in [6.07, 6.45) is 0. The van der Waals surface area contributed by atoms with Crippen LogP contribution in [0.15, 0.2) is 24.3 Å². The summed E-state index contributed by atoms with van der Waals surface area (Å²) in [7, 11) is 0. The molecule has 0 aromatic heterocycles. The second-order valence-corrected chi connectivity index (χ2v) is 60.2. The fraction of sp³-hybridized carbons (Fsp3) is 0.333. The van der Waals surface area contributed by atoms with Gasteiger partial charge < -0.3 is 102 Å². The Kier molecular flexibility index (Phi) is 67.2. The van der Waals surface area contributed by atoms with Crippen LogP contribution >= 0.6 is 587 Å². The van der Waals surface area contributed by atoms with Crippen molar-refractivity contribution in [3.05, 3.63) is 173 Å². The smallest absolute Gasteiger partial charge is 0.202 e. The molecule has 0 saturated carbocycles. The molecule has 10 aromatic rings. The summed E-state index contributed by atoms with van der Waals surface area (Å²) in [6, 6.07) is 7.07. The van der Waals surface area contributed by atoms with Crippen molar-refractivity contribution in [2.24, 2.45) is 0 Å². The highest BCUT2D eigenvalue weighted by atomic mass is 127. The van der Waals surface area contributed by atoms with Gasteiger partial charge in [0.2, 0.25) is 11.5 Å². The maximum absolute atomic E-state index is 10.0. The lowest BCUT2D eigenvalue weighted by molar-refractivity contribution is 0.361. The van der Waals surface area contributed by atoms with E-state index in [2.05, 4.69) is 403 Å². The Hall–Kier alpha value is 7.18. The Morgan fingerprint density at radius 1 is 0.125 bits per heavy atom. The number of hydrogen-bond donors (Lipinski definition) is 20. The Labute approximate surface area is 1150 Å². The lowest BCUT2D eigenvalue weighted by atomic mass is 10.0. The van der Waals surface area contributed by atoms with Crippen LogP contribution in [0.2, 0.25) is 0 Å². The van der Waals surface area contributed by atoms with E-state index in [1.807, 2.05) is 335 Å². The molecule has 136 heavy (non-hydrogen) atoms. The highest BCUT2D eigenvalue weighted by molar-refractivity contribution is 14.1. The van der Waals surface area contributed by atoms with Crippen molar-refractivity contribution >= 4 is 587 Å². The van der Waals surface area contributed by atoms with Gasteiger partial charge in [-0.2, -0.15) is 0 Å². The molecule has 0 bridgehead atoms. The number of hydrogen-bond acceptors (Lipinski definition) is 20. The molecule has 10 rings (SSSR count). The minimum absolute atomic E-state index is 0.00952. The fourth-order valence-electron chi connectivity index (χ4n) is 11.5. The third-order valence-corrected chi connectivity index (χ3v) is 54.6. The van der Waals surface area contributed by atoms with E-state index in [1.165, 1.54) is 29.0 Å². The molecule has 20 N–H and O–H groups in total. The number of phenols is 20. The highest BCUT2D eigenvalue weighted by Crippen LogP contribution is 2.53. The summed E-state index contributed by atoms with van der Waals surface area (Å²) in [5, 5.41) is 193. The van der Waals surface area contributed by atoms with Gasteiger partial charge in [-0.05, 0) is 693 Å². The van der Waals surface area contributed by atoms with Gasteiger partial charge in [0, 0.05) is 65.5 Å². The molecule has 0 heterocycles. The second-order valence-electron chi connectivity index (χ2n) is 31.7. The molecule has 46 heteroatoms. The molecular weight excluding hydrogens is 4700 g/mol. The monoisotopic (exact) mass is 4790 g/mol. The first-order chi connectivity index (χ1) is 62.0. The molecule has 0 spiro atoms. The molecule has 0 aliphatic carbocycles. The van der Waals surface area contributed by atoms with Crippen LogP contribution in [-0.2, 0) is 0 Å². The van der Waals surface area contributed by atoms with E-state index in [4.69, 9.17) is 0 Å². The van der Waals surface area contributed by atoms with E-state index in [9.17, 15) is 102 Å². The molecule has 0 unspecified atom stereocenters. The lowest BCUT2D eigenvalue weighted by Crippen LogP contribution is -2.02. The molecular formula is C90H94I26O20. The zero-order chi connectivity index (χ0) is 107. The SMILES string of the molecule is CC(C)c1c(I)c(I)c(O)c(I)c1I.CC(C)c1c(I)c(O)c(I)c(I)c1I.CC(C)c1c(I)c(O)c(O)c(O)c1I.CC(C)c1c(I)cc(I)c(O)c1O.CC(C)c1c(O)c(I)c(I)c(I)c1I.CC(C)c1c(O)c(I)c(O)c(I)c1O.CC(C)c1c(O)c(I)cc(I)c1O.CC(C)c1c(O)c(O)c(O)c(I)c1I.CC(C)c1cc(I)c(O)c(I)c1O.CC(C)c1cc(O)c(I)c(I)c1O. The van der Waals surface area contributed by atoms with Crippen molar-refractivity contribution in [2.45, 2.75) is 198 Å². The van der Waals surface area contributed by atoms with Gasteiger partial charge in [-0.15, -0.1) is 0 Å². The van der Waals surface area contributed by atoms with E-state index in [1.54, 1.807) is 12.1 Å². The molecule has 0 aliphatic heterocycles. The topological polar surface area (TPSA) is 405 Å². The number of aromatic hydroxyl groups is 20. The van der Waals surface area contributed by atoms with E-state index < -0.39 is 11.5 Å². The fourth-order valence-corrected chi connectivity index (χ4v) is 37.7. The van der Waals surface area contributed by atoms with Gasteiger partial charge in [0.1, 0.15) is 69.0 Å². The zero-order valence-corrected chi connectivity index (χ0v) is 131. The van der Waals surface area contributed by atoms with Crippen LogP contribution < -0.4 is 0 Å². The van der Waals surface area contributed by atoms with Crippen molar-refractivity contribution in [1.29, 1.82) is 0 Å². The van der Waals surface area contributed by atoms with Crippen molar-refractivity contribution in [3.8, 4) is 115 Å². The summed E-state index contributed by atoms with van der Waals surface area (Å²) < 4.78 is 22.5. The van der Waals surface area contributed by atoms with Gasteiger partial charge in [0.05, 0.1) is 60.7 Å². The number of rotatable bonds is 10. The molecule has 0 atom stereocenters. The van der Waals surface area contributed by atoms with E-state index in [0.717, 1.165) is 74.2 Å². The number of benzene rings is 10. The summed E-state index contributed by atoms with van der Waals surface area (Å²) in [4.78, 5) is 0. The van der Waals surface area contributed by atoms with Gasteiger partial charge in [-0.3, -0.25) is 0 Å². The van der Waals surface area contributed by atoms with Gasteiger partial charge >= 0.3 is 0 Å². The first-order valence-corrected chi connectivity index (χ1v) is 67.2. The molecule has 0 saturated heterocycles. The average molecular weight is 4800 g/mol. The highest BCUT2D eigenvalue weighted by Gasteiger charge is 2.29. The summed E-state index contributed by atoms with van der Waals surface area (Å²) in [6.45, 7) is 40.3. The van der Waals surface area contributed by atoms with Gasteiger partial charge in [-0.1, -0.05) is 138 Å². The number of phenolic OH excluding ortho intramolecular Hbond substituents is 20. The summed E-state index contributed by atoms with van der Waals surface area (Å²) in [5.74, 6) is 3.10. The first-order valence-electron chi connectivity index (χ1n) is 39.1. The first kappa shape index (κ1) is 141. The quantitative estimate of drug-likeness (QED) is 0.0199. The Morgan fingerprint density at radius 2 is 0.331 bits per heavy atom. The predicted octanol–water partition coefficient (Wildman–Crippen LogP) is 37.9. The third kappa shape index (κ3) is 37.7. The van der Waals surface area contributed by atoms with Crippen molar-refractivity contribution in [3.63, 3.8) is 0 Å². The molecule has 756 valence electrons. The van der Waals surface area contributed by atoms with Crippen molar-refractivity contribution in [2.75, 3.05) is 0 Å². The molecule has 20 nitrogen and oxygen atoms in total. The van der Waals surface area contributed by atoms with Crippen LogP contribution in [0.5, 0.6) is 115 Å². The molecule has 0 radical (unpaired) electrons. The number of halogens is 26. The van der Waals surface area contributed by atoms with E-state index in [-0.39, 0.29) is 128 Å². The normalized spacial score (nSPS) is 10.9.